The number of hydrogen-bond donors (Lipinski definition) is 1. The lowest BCUT2D eigenvalue weighted by atomic mass is 10.1. The van der Waals surface area contributed by atoms with Crippen LogP contribution in [0.15, 0.2) is 24.3 Å². The Hall–Kier alpha value is -0.630. The summed E-state index contributed by atoms with van der Waals surface area (Å²) in [5.74, 6) is 0.915. The molecule has 1 nitrogen and oxygen atoms in total. The van der Waals surface area contributed by atoms with Crippen LogP contribution >= 0.6 is 12.6 Å². The van der Waals surface area contributed by atoms with Crippen LogP contribution in [0.25, 0.3) is 0 Å². The lowest BCUT2D eigenvalue weighted by Gasteiger charge is -2.23. The maximum atomic E-state index is 4.29. The van der Waals surface area contributed by atoms with E-state index >= 15 is 0 Å². The van der Waals surface area contributed by atoms with E-state index in [0.29, 0.717) is 0 Å². The fourth-order valence-corrected chi connectivity index (χ4v) is 1.96. The van der Waals surface area contributed by atoms with Crippen LogP contribution in [0.3, 0.4) is 0 Å². The second kappa shape index (κ2) is 5.97. The van der Waals surface area contributed by atoms with Crippen molar-refractivity contribution in [3.05, 3.63) is 29.8 Å². The second-order valence-corrected chi connectivity index (χ2v) is 3.72. The number of rotatable bonds is 5. The number of aryl methyl sites for hydroxylation is 1. The topological polar surface area (TPSA) is 3.24 Å². The Morgan fingerprint density at radius 2 is 1.79 bits per heavy atom. The highest BCUT2D eigenvalue weighted by Gasteiger charge is 2.05. The molecule has 78 valence electrons. The molecule has 0 radical (unpaired) electrons. The highest BCUT2D eigenvalue weighted by molar-refractivity contribution is 7.80. The molecule has 0 aliphatic heterocycles. The fraction of sp³-hybridized carbons (Fsp3) is 0.500. The normalized spacial score (nSPS) is 10.2. The molecule has 0 bridgehead atoms. The molecular formula is C12H19NS. The van der Waals surface area contributed by atoms with E-state index in [-0.39, 0.29) is 0 Å². The monoisotopic (exact) mass is 209 g/mol. The zero-order valence-corrected chi connectivity index (χ0v) is 9.93. The third-order valence-corrected chi connectivity index (χ3v) is 2.70. The lowest BCUT2D eigenvalue weighted by Crippen LogP contribution is -2.23. The predicted octanol–water partition coefficient (Wildman–Crippen LogP) is 3.01. The summed E-state index contributed by atoms with van der Waals surface area (Å²) in [7, 11) is 0. The van der Waals surface area contributed by atoms with Gasteiger partial charge < -0.3 is 4.90 Å². The summed E-state index contributed by atoms with van der Waals surface area (Å²) in [5, 5.41) is 0. The third-order valence-electron chi connectivity index (χ3n) is 2.48. The van der Waals surface area contributed by atoms with Crippen molar-refractivity contribution in [3.8, 4) is 0 Å². The first-order valence-electron chi connectivity index (χ1n) is 5.27. The van der Waals surface area contributed by atoms with Gasteiger partial charge in [-0.2, -0.15) is 12.6 Å². The molecule has 14 heavy (non-hydrogen) atoms. The maximum absolute atomic E-state index is 4.29. The molecule has 0 unspecified atom stereocenters. The van der Waals surface area contributed by atoms with Crippen molar-refractivity contribution < 1.29 is 0 Å². The Morgan fingerprint density at radius 1 is 1.14 bits per heavy atom. The lowest BCUT2D eigenvalue weighted by molar-refractivity contribution is 0.857. The average molecular weight is 209 g/mol. The first-order valence-corrected chi connectivity index (χ1v) is 5.90. The Morgan fingerprint density at radius 3 is 2.36 bits per heavy atom. The summed E-state index contributed by atoms with van der Waals surface area (Å²) in [5.41, 5.74) is 2.78. The third kappa shape index (κ3) is 2.68. The number of hydrogen-bond acceptors (Lipinski definition) is 2. The SMILES string of the molecule is CCN(CC)c1ccccc1CCS. The Kier molecular flexibility index (Phi) is 4.88. The first kappa shape index (κ1) is 11.4. The van der Waals surface area contributed by atoms with Gasteiger partial charge in [0.1, 0.15) is 0 Å². The fourth-order valence-electron chi connectivity index (χ4n) is 1.72. The number of nitrogens with zero attached hydrogens (tertiary/aromatic N) is 1. The van der Waals surface area contributed by atoms with Crippen molar-refractivity contribution >= 4 is 18.3 Å². The van der Waals surface area contributed by atoms with E-state index < -0.39 is 0 Å². The van der Waals surface area contributed by atoms with Gasteiger partial charge in [0.25, 0.3) is 0 Å². The van der Waals surface area contributed by atoms with Crippen LogP contribution < -0.4 is 4.90 Å². The summed E-state index contributed by atoms with van der Waals surface area (Å²) in [4.78, 5) is 2.39. The summed E-state index contributed by atoms with van der Waals surface area (Å²) in [6, 6.07) is 8.61. The zero-order chi connectivity index (χ0) is 10.4. The van der Waals surface area contributed by atoms with Crippen LogP contribution in [0.2, 0.25) is 0 Å². The largest absolute Gasteiger partial charge is 0.372 e. The highest BCUT2D eigenvalue weighted by Crippen LogP contribution is 2.20. The second-order valence-electron chi connectivity index (χ2n) is 3.27. The quantitative estimate of drug-likeness (QED) is 0.730. The van der Waals surface area contributed by atoms with Gasteiger partial charge in [0.05, 0.1) is 0 Å². The standard InChI is InChI=1S/C12H19NS/c1-3-13(4-2)12-8-6-5-7-11(12)9-10-14/h5-8,14H,3-4,9-10H2,1-2H3. The van der Waals surface area contributed by atoms with Gasteiger partial charge in [-0.05, 0) is 37.7 Å². The predicted molar refractivity (Wildman–Crippen MR) is 67.6 cm³/mol. The van der Waals surface area contributed by atoms with Gasteiger partial charge in [-0.1, -0.05) is 18.2 Å². The Labute approximate surface area is 92.5 Å². The van der Waals surface area contributed by atoms with E-state index in [4.69, 9.17) is 0 Å². The van der Waals surface area contributed by atoms with Crippen LogP contribution in [0.1, 0.15) is 19.4 Å². The number of thiol groups is 1. The Bertz CT molecular complexity index is 269. The van der Waals surface area contributed by atoms with Gasteiger partial charge in [0, 0.05) is 18.8 Å². The van der Waals surface area contributed by atoms with E-state index in [1.165, 1.54) is 11.3 Å². The van der Waals surface area contributed by atoms with Gasteiger partial charge in [0.2, 0.25) is 0 Å². The molecule has 0 N–H and O–H groups in total. The average Bonchev–Trinajstić information content (AvgIpc) is 2.23. The van der Waals surface area contributed by atoms with Crippen LogP contribution in [-0.4, -0.2) is 18.8 Å². The molecular weight excluding hydrogens is 190 g/mol. The minimum atomic E-state index is 0.915. The molecule has 0 aromatic heterocycles. The first-order chi connectivity index (χ1) is 6.83. The van der Waals surface area contributed by atoms with Gasteiger partial charge in [-0.15, -0.1) is 0 Å². The summed E-state index contributed by atoms with van der Waals surface area (Å²) >= 11 is 4.29. The summed E-state index contributed by atoms with van der Waals surface area (Å²) < 4.78 is 0. The highest BCUT2D eigenvalue weighted by atomic mass is 32.1. The minimum Gasteiger partial charge on any atom is -0.372 e. The minimum absolute atomic E-state index is 0.915. The van der Waals surface area contributed by atoms with Gasteiger partial charge in [-0.25, -0.2) is 0 Å². The molecule has 0 heterocycles. The van der Waals surface area contributed by atoms with Crippen LogP contribution in [0.5, 0.6) is 0 Å². The smallest absolute Gasteiger partial charge is 0.0398 e. The van der Waals surface area contributed by atoms with Crippen LogP contribution in [-0.2, 0) is 6.42 Å². The van der Waals surface area contributed by atoms with Crippen molar-refractivity contribution in [1.82, 2.24) is 0 Å². The number of anilines is 1. The van der Waals surface area contributed by atoms with Gasteiger partial charge in [-0.3, -0.25) is 0 Å². The Balaban J connectivity index is 2.92. The molecule has 0 aliphatic rings. The van der Waals surface area contributed by atoms with Crippen LogP contribution in [0, 0.1) is 0 Å². The van der Waals surface area contributed by atoms with Crippen molar-refractivity contribution in [2.24, 2.45) is 0 Å². The molecule has 1 aromatic carbocycles. The van der Waals surface area contributed by atoms with E-state index in [1.807, 2.05) is 0 Å². The molecule has 0 atom stereocenters. The van der Waals surface area contributed by atoms with E-state index in [2.05, 4.69) is 55.6 Å². The molecule has 0 saturated carbocycles. The van der Waals surface area contributed by atoms with Crippen molar-refractivity contribution in [3.63, 3.8) is 0 Å². The van der Waals surface area contributed by atoms with Gasteiger partial charge in [0.15, 0.2) is 0 Å². The molecule has 0 saturated heterocycles. The zero-order valence-electron chi connectivity index (χ0n) is 9.03. The van der Waals surface area contributed by atoms with Gasteiger partial charge >= 0.3 is 0 Å². The van der Waals surface area contributed by atoms with E-state index in [1.54, 1.807) is 0 Å². The summed E-state index contributed by atoms with van der Waals surface area (Å²) in [6.07, 6.45) is 1.05. The van der Waals surface area contributed by atoms with Crippen molar-refractivity contribution in [1.29, 1.82) is 0 Å². The van der Waals surface area contributed by atoms with E-state index in [9.17, 15) is 0 Å². The maximum Gasteiger partial charge on any atom is 0.0398 e. The van der Waals surface area contributed by atoms with E-state index in [0.717, 1.165) is 25.3 Å². The molecule has 0 amide bonds. The molecule has 2 heteroatoms. The van der Waals surface area contributed by atoms with Crippen LogP contribution in [0.4, 0.5) is 5.69 Å². The molecule has 1 rings (SSSR count). The number of para-hydroxylation sites is 1. The number of benzene rings is 1. The molecule has 0 fully saturated rings. The molecule has 0 aliphatic carbocycles. The molecule has 1 aromatic rings. The van der Waals surface area contributed by atoms with Crippen molar-refractivity contribution in [2.45, 2.75) is 20.3 Å². The van der Waals surface area contributed by atoms with Crippen molar-refractivity contribution in [2.75, 3.05) is 23.7 Å². The molecule has 0 spiro atoms. The summed E-state index contributed by atoms with van der Waals surface area (Å²) in [6.45, 7) is 6.53.